The van der Waals surface area contributed by atoms with E-state index >= 15 is 0 Å². The molecule has 0 atom stereocenters. The maximum atomic E-state index is 12.9. The van der Waals surface area contributed by atoms with Crippen LogP contribution in [0.15, 0.2) is 46.0 Å². The fourth-order valence-electron chi connectivity index (χ4n) is 2.88. The number of nitro benzene ring substituents is 2. The topological polar surface area (TPSA) is 135 Å². The molecule has 0 unspecified atom stereocenters. The summed E-state index contributed by atoms with van der Waals surface area (Å²) >= 11 is 0. The zero-order valence-electron chi connectivity index (χ0n) is 14.1. The molecule has 3 rings (SSSR count). The summed E-state index contributed by atoms with van der Waals surface area (Å²) in [7, 11) is 1.39. The summed E-state index contributed by atoms with van der Waals surface area (Å²) in [5.74, 6) is 0. The van der Waals surface area contributed by atoms with Gasteiger partial charge >= 0.3 is 0 Å². The molecule has 0 N–H and O–H groups in total. The van der Waals surface area contributed by atoms with Crippen LogP contribution in [0.4, 0.5) is 11.4 Å². The number of rotatable bonds is 5. The summed E-state index contributed by atoms with van der Waals surface area (Å²) in [6.07, 6.45) is 0. The number of aromatic nitrogens is 1. The molecule has 0 saturated carbocycles. The molecule has 10 heteroatoms. The highest BCUT2D eigenvalue weighted by atomic mass is 16.6. The Morgan fingerprint density at radius 3 is 1.67 bits per heavy atom. The lowest BCUT2D eigenvalue weighted by Gasteiger charge is -2.01. The Hall–Kier alpha value is -3.66. The quantitative estimate of drug-likeness (QED) is 0.494. The van der Waals surface area contributed by atoms with Crippen LogP contribution >= 0.6 is 0 Å². The van der Waals surface area contributed by atoms with Crippen molar-refractivity contribution in [3.05, 3.63) is 77.3 Å². The van der Waals surface area contributed by atoms with E-state index in [0.717, 1.165) is 16.7 Å². The molecule has 0 saturated heterocycles. The number of nitro groups is 2. The van der Waals surface area contributed by atoms with Crippen molar-refractivity contribution in [1.29, 1.82) is 0 Å². The Kier molecular flexibility index (Phi) is 4.65. The average Bonchev–Trinajstić information content (AvgIpc) is 2.74. The Morgan fingerprint density at radius 1 is 0.852 bits per heavy atom. The molecule has 0 amide bonds. The van der Waals surface area contributed by atoms with Crippen LogP contribution in [-0.2, 0) is 11.3 Å². The van der Waals surface area contributed by atoms with E-state index in [9.17, 15) is 29.8 Å². The van der Waals surface area contributed by atoms with Gasteiger partial charge in [0.15, 0.2) is 0 Å². The number of non-ortho nitro benzene ring substituents is 2. The van der Waals surface area contributed by atoms with Gasteiger partial charge in [-0.1, -0.05) is 0 Å². The van der Waals surface area contributed by atoms with Crippen molar-refractivity contribution in [2.45, 2.75) is 6.54 Å². The first-order valence-corrected chi connectivity index (χ1v) is 7.77. The highest BCUT2D eigenvalue weighted by Crippen LogP contribution is 2.26. The van der Waals surface area contributed by atoms with Crippen molar-refractivity contribution in [1.82, 2.24) is 4.57 Å². The van der Waals surface area contributed by atoms with E-state index in [4.69, 9.17) is 4.74 Å². The van der Waals surface area contributed by atoms with Gasteiger partial charge in [0.25, 0.3) is 22.5 Å². The van der Waals surface area contributed by atoms with Gasteiger partial charge in [-0.05, 0) is 22.9 Å². The minimum absolute atomic E-state index is 0.0266. The third-order valence-corrected chi connectivity index (χ3v) is 4.19. The van der Waals surface area contributed by atoms with Gasteiger partial charge in [0.05, 0.1) is 33.8 Å². The summed E-state index contributed by atoms with van der Waals surface area (Å²) in [5.41, 5.74) is -2.05. The van der Waals surface area contributed by atoms with E-state index in [2.05, 4.69) is 0 Å². The van der Waals surface area contributed by atoms with Crippen molar-refractivity contribution in [2.24, 2.45) is 0 Å². The van der Waals surface area contributed by atoms with E-state index in [0.29, 0.717) is 10.8 Å². The van der Waals surface area contributed by atoms with Crippen molar-refractivity contribution in [2.75, 3.05) is 13.7 Å². The Balaban J connectivity index is 2.57. The molecule has 0 aliphatic rings. The second-order valence-electron chi connectivity index (χ2n) is 5.73. The SMILES string of the molecule is COCCn1c(=O)c2cc([N+](=O)[O-])ccc2c2ccc([N+](=O)[O-])cc2c1=O. The van der Waals surface area contributed by atoms with Crippen LogP contribution in [0.3, 0.4) is 0 Å². The van der Waals surface area contributed by atoms with Crippen molar-refractivity contribution < 1.29 is 14.6 Å². The number of hydrogen-bond acceptors (Lipinski definition) is 7. The third-order valence-electron chi connectivity index (χ3n) is 4.19. The number of fused-ring (bicyclic) bond motifs is 3. The number of hydrogen-bond donors (Lipinski definition) is 0. The van der Waals surface area contributed by atoms with Crippen LogP contribution in [0.2, 0.25) is 0 Å². The zero-order chi connectivity index (χ0) is 19.7. The van der Waals surface area contributed by atoms with Gasteiger partial charge in [-0.2, -0.15) is 0 Å². The predicted octanol–water partition coefficient (Wildman–Crippen LogP) is 1.98. The van der Waals surface area contributed by atoms with Crippen molar-refractivity contribution >= 4 is 32.9 Å². The van der Waals surface area contributed by atoms with E-state index < -0.39 is 21.0 Å². The first-order valence-electron chi connectivity index (χ1n) is 7.77. The van der Waals surface area contributed by atoms with Gasteiger partial charge in [0.1, 0.15) is 0 Å². The first kappa shape index (κ1) is 18.1. The summed E-state index contributed by atoms with van der Waals surface area (Å²) in [5, 5.41) is 22.7. The molecule has 138 valence electrons. The van der Waals surface area contributed by atoms with Crippen LogP contribution in [0.25, 0.3) is 21.5 Å². The van der Waals surface area contributed by atoms with Crippen LogP contribution in [-0.4, -0.2) is 28.1 Å². The van der Waals surface area contributed by atoms with Crippen molar-refractivity contribution in [3.63, 3.8) is 0 Å². The van der Waals surface area contributed by atoms with Crippen LogP contribution in [0.5, 0.6) is 0 Å². The molecular formula is C17H13N3O7. The maximum Gasteiger partial charge on any atom is 0.270 e. The molecule has 0 aliphatic heterocycles. The lowest BCUT2D eigenvalue weighted by Crippen LogP contribution is -2.31. The summed E-state index contributed by atoms with van der Waals surface area (Å²) in [6, 6.07) is 7.36. The fourth-order valence-corrected chi connectivity index (χ4v) is 2.88. The van der Waals surface area contributed by atoms with E-state index in [-0.39, 0.29) is 35.3 Å². The summed E-state index contributed by atoms with van der Waals surface area (Å²) in [6.45, 7) is -0.0512. The van der Waals surface area contributed by atoms with Crippen LogP contribution in [0.1, 0.15) is 0 Å². The van der Waals surface area contributed by atoms with E-state index in [1.54, 1.807) is 0 Å². The number of benzene rings is 2. The highest BCUT2D eigenvalue weighted by molar-refractivity contribution is 6.06. The predicted molar refractivity (Wildman–Crippen MR) is 97.2 cm³/mol. The Labute approximate surface area is 150 Å². The van der Waals surface area contributed by atoms with Gasteiger partial charge in [-0.25, -0.2) is 0 Å². The smallest absolute Gasteiger partial charge is 0.270 e. The summed E-state index contributed by atoms with van der Waals surface area (Å²) < 4.78 is 5.80. The molecule has 1 aromatic heterocycles. The largest absolute Gasteiger partial charge is 0.383 e. The molecule has 0 radical (unpaired) electrons. The van der Waals surface area contributed by atoms with E-state index in [1.165, 1.54) is 31.4 Å². The van der Waals surface area contributed by atoms with Crippen LogP contribution in [0, 0.1) is 20.2 Å². The second kappa shape index (κ2) is 6.92. The highest BCUT2D eigenvalue weighted by Gasteiger charge is 2.17. The van der Waals surface area contributed by atoms with Gasteiger partial charge in [-0.3, -0.25) is 34.4 Å². The van der Waals surface area contributed by atoms with Gasteiger partial charge in [-0.15, -0.1) is 0 Å². The molecule has 0 spiro atoms. The van der Waals surface area contributed by atoms with Crippen LogP contribution < -0.4 is 11.1 Å². The number of methoxy groups -OCH3 is 1. The molecular weight excluding hydrogens is 358 g/mol. The zero-order valence-corrected chi connectivity index (χ0v) is 14.1. The lowest BCUT2D eigenvalue weighted by molar-refractivity contribution is -0.384. The molecule has 10 nitrogen and oxygen atoms in total. The fraction of sp³-hybridized carbons (Fsp3) is 0.176. The third kappa shape index (κ3) is 3.13. The minimum Gasteiger partial charge on any atom is -0.383 e. The van der Waals surface area contributed by atoms with Crippen molar-refractivity contribution in [3.8, 4) is 0 Å². The van der Waals surface area contributed by atoms with Gasteiger partial charge in [0, 0.05) is 31.4 Å². The maximum absolute atomic E-state index is 12.9. The Morgan fingerprint density at radius 2 is 1.30 bits per heavy atom. The first-order chi connectivity index (χ1) is 12.8. The Bertz CT molecular complexity index is 1130. The standard InChI is InChI=1S/C17H13N3O7/c1-27-7-6-18-16(21)14-8-10(19(23)24)2-4-12(14)13-5-3-11(20(25)26)9-15(13)17(18)22/h2-5,8-9H,6-7H2,1H3. The molecule has 0 bridgehead atoms. The number of nitrogens with zero attached hydrogens (tertiary/aromatic N) is 3. The average molecular weight is 371 g/mol. The monoisotopic (exact) mass is 371 g/mol. The molecule has 3 aromatic rings. The second-order valence-corrected chi connectivity index (χ2v) is 5.73. The van der Waals surface area contributed by atoms with E-state index in [1.807, 2.05) is 0 Å². The molecule has 2 aromatic carbocycles. The van der Waals surface area contributed by atoms with Gasteiger partial charge in [0.2, 0.25) is 0 Å². The normalized spacial score (nSPS) is 11.0. The molecule has 1 heterocycles. The molecule has 27 heavy (non-hydrogen) atoms. The minimum atomic E-state index is -0.727. The summed E-state index contributed by atoms with van der Waals surface area (Å²) in [4.78, 5) is 46.7. The molecule has 0 fully saturated rings. The van der Waals surface area contributed by atoms with Gasteiger partial charge < -0.3 is 4.74 Å². The molecule has 0 aliphatic carbocycles. The lowest BCUT2D eigenvalue weighted by atomic mass is 10.1. The number of ether oxygens (including phenoxy) is 1.